The van der Waals surface area contributed by atoms with Gasteiger partial charge in [-0.05, 0) is 34.8 Å². The highest BCUT2D eigenvalue weighted by Crippen LogP contribution is 2.38. The Hall–Kier alpha value is -3.88. The number of thiocarbonyl (C=S) groups is 1. The molecule has 2 fully saturated rings. The zero-order valence-corrected chi connectivity index (χ0v) is 20.8. The maximum atomic E-state index is 6.09. The van der Waals surface area contributed by atoms with E-state index in [1.165, 1.54) is 0 Å². The van der Waals surface area contributed by atoms with Crippen LogP contribution >= 0.6 is 12.2 Å². The Bertz CT molecular complexity index is 1280. The summed E-state index contributed by atoms with van der Waals surface area (Å²) in [6.07, 6.45) is -0.549. The largest absolute Gasteiger partial charge is 0.497 e. The van der Waals surface area contributed by atoms with Gasteiger partial charge in [-0.25, -0.2) is 0 Å². The van der Waals surface area contributed by atoms with Gasteiger partial charge in [0.25, 0.3) is 0 Å². The van der Waals surface area contributed by atoms with Crippen molar-refractivity contribution in [2.24, 2.45) is 0 Å². The number of nitrogens with zero attached hydrogens (tertiary/aromatic N) is 4. The predicted octanol–water partition coefficient (Wildman–Crippen LogP) is 1.91. The lowest BCUT2D eigenvalue weighted by Crippen LogP contribution is -2.45. The number of fused-ring (bicyclic) bond motifs is 2. The van der Waals surface area contributed by atoms with E-state index in [9.17, 15) is 0 Å². The third-order valence-electron chi connectivity index (χ3n) is 6.28. The Morgan fingerprint density at radius 1 is 0.973 bits per heavy atom. The quantitative estimate of drug-likeness (QED) is 0.433. The minimum absolute atomic E-state index is 0.169. The molecule has 14 heteroatoms. The molecule has 0 aliphatic carbocycles. The summed E-state index contributed by atoms with van der Waals surface area (Å²) in [5, 5.41) is 18.8. The number of hydrogen-bond acceptors (Lipinski definition) is 11. The molecule has 4 atom stereocenters. The number of anilines is 1. The number of methoxy groups -OCH3 is 2. The lowest BCUT2D eigenvalue weighted by molar-refractivity contribution is 0.0615. The lowest BCUT2D eigenvalue weighted by atomic mass is 10.1. The fourth-order valence-corrected chi connectivity index (χ4v) is 4.80. The van der Waals surface area contributed by atoms with Crippen molar-refractivity contribution in [3.8, 4) is 34.8 Å². The van der Waals surface area contributed by atoms with Gasteiger partial charge in [0.1, 0.15) is 35.5 Å². The van der Waals surface area contributed by atoms with Gasteiger partial charge >= 0.3 is 6.01 Å². The molecule has 2 N–H and O–H groups in total. The van der Waals surface area contributed by atoms with E-state index in [0.29, 0.717) is 47.1 Å². The first-order valence-corrected chi connectivity index (χ1v) is 11.9. The average molecular weight is 529 g/mol. The molecule has 194 valence electrons. The highest BCUT2D eigenvalue weighted by atomic mass is 32.1. The standard InChI is InChI=1S/C23H24N6O7S/c1-30-14-5-12(6-15(7-14)31-2)24-22(37)25-16-9-32-21-17(10-33-20(16)21)29-23(26-27-28-29)36-13-3-4-18-19(8-13)35-11-34-18/h3-8,16-17,20-21H,9-11H2,1-2H3,(H2,24,25,37). The molecular weight excluding hydrogens is 504 g/mol. The molecule has 0 spiro atoms. The van der Waals surface area contributed by atoms with Gasteiger partial charge in [0.15, 0.2) is 16.6 Å². The molecule has 3 aromatic rings. The van der Waals surface area contributed by atoms with Crippen LogP contribution in [0.2, 0.25) is 0 Å². The van der Waals surface area contributed by atoms with Gasteiger partial charge in [0.05, 0.1) is 33.5 Å². The van der Waals surface area contributed by atoms with Gasteiger partial charge in [0, 0.05) is 30.0 Å². The smallest absolute Gasteiger partial charge is 0.341 e. The van der Waals surface area contributed by atoms with Gasteiger partial charge in [-0.15, -0.1) is 0 Å². The van der Waals surface area contributed by atoms with Crippen LogP contribution in [0.4, 0.5) is 5.69 Å². The third kappa shape index (κ3) is 4.65. The van der Waals surface area contributed by atoms with Crippen LogP contribution in [0.1, 0.15) is 6.04 Å². The minimum atomic E-state index is -0.292. The van der Waals surface area contributed by atoms with E-state index in [1.807, 2.05) is 12.1 Å². The summed E-state index contributed by atoms with van der Waals surface area (Å²) in [7, 11) is 3.18. The Kier molecular flexibility index (Phi) is 6.28. The molecule has 13 nitrogen and oxygen atoms in total. The molecule has 2 aromatic carbocycles. The predicted molar refractivity (Wildman–Crippen MR) is 132 cm³/mol. The molecule has 3 aliphatic rings. The second kappa shape index (κ2) is 9.88. The lowest BCUT2D eigenvalue weighted by Gasteiger charge is -2.20. The van der Waals surface area contributed by atoms with E-state index in [1.54, 1.807) is 43.2 Å². The minimum Gasteiger partial charge on any atom is -0.497 e. The Balaban J connectivity index is 1.10. The fourth-order valence-electron chi connectivity index (χ4n) is 4.53. The van der Waals surface area contributed by atoms with Crippen LogP contribution in [0.3, 0.4) is 0 Å². The molecule has 0 saturated carbocycles. The summed E-state index contributed by atoms with van der Waals surface area (Å²) >= 11 is 5.54. The number of hydrogen-bond donors (Lipinski definition) is 2. The van der Waals surface area contributed by atoms with Crippen molar-refractivity contribution in [1.82, 2.24) is 25.5 Å². The number of rotatable bonds is 7. The molecule has 4 unspecified atom stereocenters. The molecule has 37 heavy (non-hydrogen) atoms. The van der Waals surface area contributed by atoms with Gasteiger partial charge in [0.2, 0.25) is 6.79 Å². The zero-order valence-electron chi connectivity index (χ0n) is 19.9. The molecule has 3 aliphatic heterocycles. The van der Waals surface area contributed by atoms with Crippen molar-refractivity contribution in [2.45, 2.75) is 24.3 Å². The van der Waals surface area contributed by atoms with Crippen molar-refractivity contribution >= 4 is 23.0 Å². The SMILES string of the molecule is COc1cc(NC(=S)NC2COC3C2OCC3n2nnnc2Oc2ccc3c(c2)OCO3)cc(OC)c1. The molecule has 4 heterocycles. The Labute approximate surface area is 216 Å². The summed E-state index contributed by atoms with van der Waals surface area (Å²) in [5.74, 6) is 3.08. The van der Waals surface area contributed by atoms with Crippen LogP contribution in [0.25, 0.3) is 0 Å². The topological polar surface area (TPSA) is 132 Å². The number of nitrogens with one attached hydrogen (secondary N) is 2. The van der Waals surface area contributed by atoms with Crippen molar-refractivity contribution in [3.05, 3.63) is 36.4 Å². The third-order valence-corrected chi connectivity index (χ3v) is 6.50. The van der Waals surface area contributed by atoms with Crippen molar-refractivity contribution in [1.29, 1.82) is 0 Å². The second-order valence-electron chi connectivity index (χ2n) is 8.49. The van der Waals surface area contributed by atoms with Gasteiger partial charge < -0.3 is 43.8 Å². The van der Waals surface area contributed by atoms with Crippen molar-refractivity contribution in [2.75, 3.05) is 39.5 Å². The van der Waals surface area contributed by atoms with Crippen LogP contribution in [-0.2, 0) is 9.47 Å². The molecule has 2 saturated heterocycles. The van der Waals surface area contributed by atoms with E-state index in [4.69, 9.17) is 45.4 Å². The zero-order chi connectivity index (χ0) is 25.4. The van der Waals surface area contributed by atoms with Crippen LogP contribution in [-0.4, -0.2) is 77.8 Å². The molecule has 6 rings (SSSR count). The summed E-state index contributed by atoms with van der Waals surface area (Å²) in [6, 6.07) is 10.5. The van der Waals surface area contributed by atoms with Crippen LogP contribution in [0.5, 0.6) is 34.8 Å². The summed E-state index contributed by atoms with van der Waals surface area (Å²) in [4.78, 5) is 0. The number of aromatic nitrogens is 4. The van der Waals surface area contributed by atoms with E-state index >= 15 is 0 Å². The van der Waals surface area contributed by atoms with E-state index in [2.05, 4.69) is 26.2 Å². The molecule has 0 amide bonds. The monoisotopic (exact) mass is 528 g/mol. The Morgan fingerprint density at radius 3 is 2.57 bits per heavy atom. The summed E-state index contributed by atoms with van der Waals surface area (Å²) < 4.78 is 41.1. The number of tetrazole rings is 1. The van der Waals surface area contributed by atoms with Crippen LogP contribution in [0, 0.1) is 0 Å². The average Bonchev–Trinajstić information content (AvgIpc) is 3.69. The number of ether oxygens (including phenoxy) is 7. The van der Waals surface area contributed by atoms with Crippen LogP contribution < -0.4 is 34.3 Å². The molecular formula is C23H24N6O7S. The van der Waals surface area contributed by atoms with Gasteiger partial charge in [-0.1, -0.05) is 5.10 Å². The van der Waals surface area contributed by atoms with Gasteiger partial charge in [-0.3, -0.25) is 0 Å². The van der Waals surface area contributed by atoms with Crippen LogP contribution in [0.15, 0.2) is 36.4 Å². The van der Waals surface area contributed by atoms with Crippen molar-refractivity contribution < 1.29 is 33.2 Å². The first kappa shape index (κ1) is 23.5. The molecule has 0 radical (unpaired) electrons. The van der Waals surface area contributed by atoms with E-state index in [0.717, 1.165) is 5.69 Å². The van der Waals surface area contributed by atoms with Gasteiger partial charge in [-0.2, -0.15) is 4.68 Å². The molecule has 0 bridgehead atoms. The highest BCUT2D eigenvalue weighted by molar-refractivity contribution is 7.80. The van der Waals surface area contributed by atoms with Crippen molar-refractivity contribution in [3.63, 3.8) is 0 Å². The maximum Gasteiger partial charge on any atom is 0.341 e. The number of benzene rings is 2. The van der Waals surface area contributed by atoms with E-state index in [-0.39, 0.29) is 37.1 Å². The fraction of sp³-hybridized carbons (Fsp3) is 0.391. The molecule has 1 aromatic heterocycles. The highest BCUT2D eigenvalue weighted by Gasteiger charge is 2.50. The maximum absolute atomic E-state index is 6.09. The Morgan fingerprint density at radius 2 is 1.76 bits per heavy atom. The second-order valence-corrected chi connectivity index (χ2v) is 8.90. The summed E-state index contributed by atoms with van der Waals surface area (Å²) in [5.41, 5.74) is 0.730. The summed E-state index contributed by atoms with van der Waals surface area (Å²) in [6.45, 7) is 0.928. The first-order valence-electron chi connectivity index (χ1n) is 11.5. The normalized spacial score (nSPS) is 23.4. The first-order chi connectivity index (χ1) is 18.1. The van der Waals surface area contributed by atoms with E-state index < -0.39 is 0 Å².